The van der Waals surface area contributed by atoms with Gasteiger partial charge in [-0.05, 0) is 19.1 Å². The fraction of sp³-hybridized carbons (Fsp3) is 0.200. The molecule has 1 aromatic carbocycles. The summed E-state index contributed by atoms with van der Waals surface area (Å²) in [5, 5.41) is 23.3. The van der Waals surface area contributed by atoms with E-state index in [2.05, 4.69) is 10.1 Å². The highest BCUT2D eigenvalue weighted by Gasteiger charge is 2.13. The number of aromatic nitrogens is 2. The van der Waals surface area contributed by atoms with Crippen LogP contribution in [0.15, 0.2) is 28.8 Å². The lowest BCUT2D eigenvalue weighted by molar-refractivity contribution is -0.384. The number of benzene rings is 1. The van der Waals surface area contributed by atoms with Crippen molar-refractivity contribution in [3.8, 4) is 11.5 Å². The molecule has 88 valence electrons. The first-order chi connectivity index (χ1) is 8.08. The van der Waals surface area contributed by atoms with Crippen LogP contribution >= 0.6 is 0 Å². The van der Waals surface area contributed by atoms with Crippen molar-refractivity contribution in [2.45, 2.75) is 13.0 Å². The van der Waals surface area contributed by atoms with Crippen LogP contribution in [-0.2, 0) is 0 Å². The van der Waals surface area contributed by atoms with E-state index in [-0.39, 0.29) is 17.4 Å². The van der Waals surface area contributed by atoms with E-state index in [4.69, 9.17) is 4.52 Å². The highest BCUT2D eigenvalue weighted by atomic mass is 16.6. The predicted octanol–water partition coefficient (Wildman–Crippen LogP) is 1.70. The number of nitro benzene ring substituents is 1. The number of aliphatic hydroxyl groups is 1. The lowest BCUT2D eigenvalue weighted by Crippen LogP contribution is -1.93. The summed E-state index contributed by atoms with van der Waals surface area (Å²) in [6, 6.07) is 5.72. The Morgan fingerprint density at radius 3 is 2.53 bits per heavy atom. The van der Waals surface area contributed by atoms with Gasteiger partial charge in [-0.3, -0.25) is 10.1 Å². The number of nitro groups is 1. The zero-order valence-electron chi connectivity index (χ0n) is 8.90. The molecule has 1 N–H and O–H groups in total. The van der Waals surface area contributed by atoms with Gasteiger partial charge < -0.3 is 9.63 Å². The minimum absolute atomic E-state index is 0.0102. The zero-order valence-corrected chi connectivity index (χ0v) is 8.90. The topological polar surface area (TPSA) is 102 Å². The molecule has 7 heteroatoms. The molecule has 2 aromatic rings. The maximum Gasteiger partial charge on any atom is 0.269 e. The van der Waals surface area contributed by atoms with E-state index in [0.29, 0.717) is 5.56 Å². The third-order valence-corrected chi connectivity index (χ3v) is 2.14. The molecule has 7 nitrogen and oxygen atoms in total. The lowest BCUT2D eigenvalue weighted by atomic mass is 10.2. The van der Waals surface area contributed by atoms with Gasteiger partial charge in [0.25, 0.3) is 11.6 Å². The van der Waals surface area contributed by atoms with Gasteiger partial charge >= 0.3 is 0 Å². The van der Waals surface area contributed by atoms with E-state index in [1.165, 1.54) is 31.2 Å². The summed E-state index contributed by atoms with van der Waals surface area (Å²) >= 11 is 0. The second-order valence-corrected chi connectivity index (χ2v) is 3.44. The molecule has 0 amide bonds. The van der Waals surface area contributed by atoms with E-state index >= 15 is 0 Å². The minimum Gasteiger partial charge on any atom is -0.385 e. The van der Waals surface area contributed by atoms with Gasteiger partial charge in [0.1, 0.15) is 6.10 Å². The summed E-state index contributed by atoms with van der Waals surface area (Å²) in [5.41, 5.74) is 0.555. The third-order valence-electron chi connectivity index (χ3n) is 2.14. The standard InChI is InChI=1S/C10H9N3O4/c1-6(14)9-11-10(17-12-9)7-2-4-8(5-3-7)13(15)16/h2-6,14H,1H3. The first-order valence-electron chi connectivity index (χ1n) is 4.84. The monoisotopic (exact) mass is 235 g/mol. The first-order valence-corrected chi connectivity index (χ1v) is 4.84. The molecular weight excluding hydrogens is 226 g/mol. The Kier molecular flexibility index (Phi) is 2.84. The van der Waals surface area contributed by atoms with Gasteiger partial charge in [0.05, 0.1) is 4.92 Å². The van der Waals surface area contributed by atoms with E-state index in [9.17, 15) is 15.2 Å². The highest BCUT2D eigenvalue weighted by Crippen LogP contribution is 2.21. The van der Waals surface area contributed by atoms with Crippen LogP contribution in [0, 0.1) is 10.1 Å². The van der Waals surface area contributed by atoms with E-state index < -0.39 is 11.0 Å². The molecule has 0 saturated heterocycles. The van der Waals surface area contributed by atoms with Gasteiger partial charge in [0.15, 0.2) is 5.82 Å². The summed E-state index contributed by atoms with van der Waals surface area (Å²) in [6.07, 6.45) is -0.814. The number of nitrogens with zero attached hydrogens (tertiary/aromatic N) is 3. The van der Waals surface area contributed by atoms with Gasteiger partial charge in [-0.2, -0.15) is 4.98 Å². The Bertz CT molecular complexity index is 533. The molecule has 1 atom stereocenters. The molecule has 17 heavy (non-hydrogen) atoms. The number of non-ortho nitro benzene ring substituents is 1. The van der Waals surface area contributed by atoms with Crippen LogP contribution in [0.4, 0.5) is 5.69 Å². The van der Waals surface area contributed by atoms with Crippen molar-refractivity contribution in [1.29, 1.82) is 0 Å². The Morgan fingerprint density at radius 2 is 2.06 bits per heavy atom. The SMILES string of the molecule is CC(O)c1noc(-c2ccc([N+](=O)[O-])cc2)n1. The van der Waals surface area contributed by atoms with Gasteiger partial charge in [-0.1, -0.05) is 5.16 Å². The average Bonchev–Trinajstić information content (AvgIpc) is 2.78. The molecule has 0 fully saturated rings. The van der Waals surface area contributed by atoms with Crippen LogP contribution in [0.25, 0.3) is 11.5 Å². The second-order valence-electron chi connectivity index (χ2n) is 3.44. The van der Waals surface area contributed by atoms with E-state index in [1.54, 1.807) is 0 Å². The normalized spacial score (nSPS) is 12.4. The summed E-state index contributed by atoms with van der Waals surface area (Å²) in [6.45, 7) is 1.52. The molecule has 1 unspecified atom stereocenters. The van der Waals surface area contributed by atoms with Crippen LogP contribution < -0.4 is 0 Å². The fourth-order valence-corrected chi connectivity index (χ4v) is 1.25. The second kappa shape index (κ2) is 4.30. The Labute approximate surface area is 95.9 Å². The van der Waals surface area contributed by atoms with Crippen molar-refractivity contribution in [3.63, 3.8) is 0 Å². The molecular formula is C10H9N3O4. The van der Waals surface area contributed by atoms with Gasteiger partial charge in [-0.15, -0.1) is 0 Å². The van der Waals surface area contributed by atoms with Gasteiger partial charge in [0.2, 0.25) is 0 Å². The molecule has 2 rings (SSSR count). The van der Waals surface area contributed by atoms with Crippen molar-refractivity contribution in [1.82, 2.24) is 10.1 Å². The maximum absolute atomic E-state index is 10.5. The molecule has 1 heterocycles. The number of aliphatic hydroxyl groups excluding tert-OH is 1. The number of hydrogen-bond acceptors (Lipinski definition) is 6. The maximum atomic E-state index is 10.5. The summed E-state index contributed by atoms with van der Waals surface area (Å²) in [5.74, 6) is 0.397. The third kappa shape index (κ3) is 2.28. The number of hydrogen-bond donors (Lipinski definition) is 1. The van der Waals surface area contributed by atoms with Crippen molar-refractivity contribution in [3.05, 3.63) is 40.2 Å². The molecule has 0 aliphatic carbocycles. The molecule has 0 aliphatic rings. The summed E-state index contributed by atoms with van der Waals surface area (Å²) < 4.78 is 4.92. The lowest BCUT2D eigenvalue weighted by Gasteiger charge is -1.94. The molecule has 0 bridgehead atoms. The fourth-order valence-electron chi connectivity index (χ4n) is 1.25. The van der Waals surface area contributed by atoms with Gasteiger partial charge in [0, 0.05) is 17.7 Å². The van der Waals surface area contributed by atoms with Crippen LogP contribution in [0.1, 0.15) is 18.9 Å². The van der Waals surface area contributed by atoms with E-state index in [1.807, 2.05) is 0 Å². The van der Waals surface area contributed by atoms with Crippen molar-refractivity contribution in [2.24, 2.45) is 0 Å². The smallest absolute Gasteiger partial charge is 0.269 e. The van der Waals surface area contributed by atoms with Crippen LogP contribution in [0.5, 0.6) is 0 Å². The van der Waals surface area contributed by atoms with Crippen LogP contribution in [0.2, 0.25) is 0 Å². The molecule has 1 aromatic heterocycles. The summed E-state index contributed by atoms with van der Waals surface area (Å²) in [4.78, 5) is 13.9. The van der Waals surface area contributed by atoms with Crippen molar-refractivity contribution >= 4 is 5.69 Å². The Hall–Kier alpha value is -2.28. The van der Waals surface area contributed by atoms with E-state index in [0.717, 1.165) is 0 Å². The van der Waals surface area contributed by atoms with Crippen molar-refractivity contribution in [2.75, 3.05) is 0 Å². The zero-order chi connectivity index (χ0) is 12.4. The highest BCUT2D eigenvalue weighted by molar-refractivity contribution is 5.55. The largest absolute Gasteiger partial charge is 0.385 e. The van der Waals surface area contributed by atoms with Crippen LogP contribution in [-0.4, -0.2) is 20.2 Å². The Balaban J connectivity index is 2.30. The van der Waals surface area contributed by atoms with Crippen molar-refractivity contribution < 1.29 is 14.6 Å². The summed E-state index contributed by atoms with van der Waals surface area (Å²) in [7, 11) is 0. The first kappa shape index (κ1) is 11.2. The molecule has 0 spiro atoms. The quantitative estimate of drug-likeness (QED) is 0.641. The molecule has 0 saturated carbocycles. The average molecular weight is 235 g/mol. The predicted molar refractivity (Wildman–Crippen MR) is 57.0 cm³/mol. The van der Waals surface area contributed by atoms with Gasteiger partial charge in [-0.25, -0.2) is 0 Å². The Morgan fingerprint density at radius 1 is 1.41 bits per heavy atom. The molecule has 0 aliphatic heterocycles. The minimum atomic E-state index is -0.814. The molecule has 0 radical (unpaired) electrons. The van der Waals surface area contributed by atoms with Crippen LogP contribution in [0.3, 0.4) is 0 Å². The number of rotatable bonds is 3.